The molecular formula is C13H23NO2. The predicted octanol–water partition coefficient (Wildman–Crippen LogP) is 2.20. The summed E-state index contributed by atoms with van der Waals surface area (Å²) in [6, 6.07) is 0. The maximum absolute atomic E-state index is 12.0. The average Bonchev–Trinajstić information content (AvgIpc) is 2.15. The molecular weight excluding hydrogens is 202 g/mol. The Morgan fingerprint density at radius 3 is 2.25 bits per heavy atom. The normalized spacial score (nSPS) is 23.6. The minimum absolute atomic E-state index is 0.305. The molecule has 1 saturated heterocycles. The van der Waals surface area contributed by atoms with Crippen LogP contribution in [0.25, 0.3) is 0 Å². The summed E-state index contributed by atoms with van der Waals surface area (Å²) in [5.41, 5.74) is 0. The van der Waals surface area contributed by atoms with Crippen LogP contribution in [0.5, 0.6) is 0 Å². The maximum Gasteiger partial charge on any atom is 0.225 e. The second-order valence-electron chi connectivity index (χ2n) is 5.34. The lowest BCUT2D eigenvalue weighted by molar-refractivity contribution is -0.141. The molecule has 0 unspecified atom stereocenters. The molecule has 0 spiro atoms. The number of piperidine rings is 1. The van der Waals surface area contributed by atoms with E-state index in [-0.39, 0.29) is 0 Å². The highest BCUT2D eigenvalue weighted by atomic mass is 16.5. The summed E-state index contributed by atoms with van der Waals surface area (Å²) in [5, 5.41) is 0. The van der Waals surface area contributed by atoms with Crippen molar-refractivity contribution < 1.29 is 9.53 Å². The molecule has 0 bridgehead atoms. The van der Waals surface area contributed by atoms with E-state index >= 15 is 0 Å². The molecule has 0 aromatic rings. The molecule has 0 aromatic heterocycles. The van der Waals surface area contributed by atoms with Gasteiger partial charge in [0.05, 0.1) is 12.2 Å². The first-order valence-electron chi connectivity index (χ1n) is 6.61. The topological polar surface area (TPSA) is 29.5 Å². The van der Waals surface area contributed by atoms with Crippen LogP contribution in [-0.4, -0.2) is 36.1 Å². The number of likely N-dealkylation sites (tertiary alicyclic amines) is 1. The van der Waals surface area contributed by atoms with Gasteiger partial charge in [-0.15, -0.1) is 0 Å². The van der Waals surface area contributed by atoms with Crippen molar-refractivity contribution in [1.82, 2.24) is 4.90 Å². The number of rotatable bonds is 3. The lowest BCUT2D eigenvalue weighted by atomic mass is 9.84. The molecule has 3 nitrogen and oxygen atoms in total. The predicted molar refractivity (Wildman–Crippen MR) is 63.2 cm³/mol. The quantitative estimate of drug-likeness (QED) is 0.737. The fourth-order valence-corrected chi connectivity index (χ4v) is 2.51. The van der Waals surface area contributed by atoms with Crippen LogP contribution in [0.4, 0.5) is 0 Å². The van der Waals surface area contributed by atoms with Gasteiger partial charge in [0, 0.05) is 19.0 Å². The number of nitrogens with zero attached hydrogens (tertiary/aromatic N) is 1. The van der Waals surface area contributed by atoms with Crippen LogP contribution in [0.3, 0.4) is 0 Å². The Morgan fingerprint density at radius 2 is 1.81 bits per heavy atom. The maximum atomic E-state index is 12.0. The Bertz CT molecular complexity index is 240. The van der Waals surface area contributed by atoms with Crippen molar-refractivity contribution >= 4 is 5.91 Å². The molecule has 2 fully saturated rings. The second-order valence-corrected chi connectivity index (χ2v) is 5.34. The molecule has 0 aromatic carbocycles. The number of amides is 1. The van der Waals surface area contributed by atoms with Crippen molar-refractivity contribution in [2.45, 2.75) is 58.2 Å². The molecule has 1 saturated carbocycles. The van der Waals surface area contributed by atoms with Crippen LogP contribution >= 0.6 is 0 Å². The van der Waals surface area contributed by atoms with E-state index in [1.54, 1.807) is 0 Å². The summed E-state index contributed by atoms with van der Waals surface area (Å²) in [4.78, 5) is 14.0. The molecule has 0 atom stereocenters. The first-order valence-corrected chi connectivity index (χ1v) is 6.61. The summed E-state index contributed by atoms with van der Waals surface area (Å²) in [6.07, 6.45) is 6.16. The summed E-state index contributed by atoms with van der Waals surface area (Å²) in [7, 11) is 0. The summed E-state index contributed by atoms with van der Waals surface area (Å²) in [6.45, 7) is 5.94. The third-order valence-corrected chi connectivity index (χ3v) is 3.67. The van der Waals surface area contributed by atoms with Crippen molar-refractivity contribution in [3.05, 3.63) is 0 Å². The lowest BCUT2D eigenvalue weighted by Crippen LogP contribution is -2.45. The van der Waals surface area contributed by atoms with Crippen molar-refractivity contribution in [1.29, 1.82) is 0 Å². The molecule has 1 heterocycles. The number of hydrogen-bond acceptors (Lipinski definition) is 2. The highest BCUT2D eigenvalue weighted by molar-refractivity contribution is 5.79. The van der Waals surface area contributed by atoms with Crippen molar-refractivity contribution in [3.63, 3.8) is 0 Å². The van der Waals surface area contributed by atoms with Gasteiger partial charge in [0.15, 0.2) is 0 Å². The van der Waals surface area contributed by atoms with Crippen molar-refractivity contribution in [2.24, 2.45) is 5.92 Å². The number of carbonyl (C=O) groups is 1. The van der Waals surface area contributed by atoms with Gasteiger partial charge in [-0.2, -0.15) is 0 Å². The van der Waals surface area contributed by atoms with E-state index in [1.807, 2.05) is 4.90 Å². The zero-order valence-corrected chi connectivity index (χ0v) is 10.4. The van der Waals surface area contributed by atoms with Crippen LogP contribution in [-0.2, 0) is 9.53 Å². The molecule has 1 amide bonds. The number of hydrogen-bond donors (Lipinski definition) is 0. The molecule has 2 aliphatic rings. The summed E-state index contributed by atoms with van der Waals surface area (Å²) in [5.74, 6) is 0.747. The Labute approximate surface area is 98.1 Å². The van der Waals surface area contributed by atoms with Gasteiger partial charge in [-0.25, -0.2) is 0 Å². The molecule has 0 N–H and O–H groups in total. The van der Waals surface area contributed by atoms with E-state index in [9.17, 15) is 4.79 Å². The first kappa shape index (κ1) is 11.9. The highest BCUT2D eigenvalue weighted by Crippen LogP contribution is 2.29. The third-order valence-electron chi connectivity index (χ3n) is 3.67. The van der Waals surface area contributed by atoms with E-state index in [0.717, 1.165) is 38.8 Å². The zero-order chi connectivity index (χ0) is 11.5. The van der Waals surface area contributed by atoms with E-state index < -0.39 is 0 Å². The van der Waals surface area contributed by atoms with E-state index in [1.165, 1.54) is 6.42 Å². The van der Waals surface area contributed by atoms with Gasteiger partial charge in [-0.05, 0) is 39.5 Å². The zero-order valence-electron chi connectivity index (χ0n) is 10.4. The van der Waals surface area contributed by atoms with E-state index in [4.69, 9.17) is 4.74 Å². The van der Waals surface area contributed by atoms with Gasteiger partial charge < -0.3 is 9.64 Å². The Hall–Kier alpha value is -0.570. The molecule has 92 valence electrons. The Balaban J connectivity index is 1.74. The van der Waals surface area contributed by atoms with Crippen LogP contribution < -0.4 is 0 Å². The van der Waals surface area contributed by atoms with Gasteiger partial charge >= 0.3 is 0 Å². The minimum Gasteiger partial charge on any atom is -0.375 e. The standard InChI is InChI=1S/C13H23NO2/c1-10(2)16-12-6-8-14(9-7-12)13(15)11-4-3-5-11/h10-12H,3-9H2,1-2H3. The van der Waals surface area contributed by atoms with Gasteiger partial charge in [0.25, 0.3) is 0 Å². The van der Waals surface area contributed by atoms with Crippen LogP contribution in [0.2, 0.25) is 0 Å². The largest absolute Gasteiger partial charge is 0.375 e. The van der Waals surface area contributed by atoms with Gasteiger partial charge in [0.2, 0.25) is 5.91 Å². The molecule has 1 aliphatic heterocycles. The number of ether oxygens (including phenoxy) is 1. The Morgan fingerprint density at radius 1 is 1.19 bits per heavy atom. The number of carbonyl (C=O) groups excluding carboxylic acids is 1. The van der Waals surface area contributed by atoms with E-state index in [2.05, 4.69) is 13.8 Å². The second kappa shape index (κ2) is 5.17. The monoisotopic (exact) mass is 225 g/mol. The van der Waals surface area contributed by atoms with Crippen LogP contribution in [0.15, 0.2) is 0 Å². The van der Waals surface area contributed by atoms with Gasteiger partial charge in [0.1, 0.15) is 0 Å². The molecule has 3 heteroatoms. The van der Waals surface area contributed by atoms with Crippen LogP contribution in [0, 0.1) is 5.92 Å². The lowest BCUT2D eigenvalue weighted by Gasteiger charge is -2.36. The van der Waals surface area contributed by atoms with Crippen molar-refractivity contribution in [3.8, 4) is 0 Å². The fraction of sp³-hybridized carbons (Fsp3) is 0.923. The SMILES string of the molecule is CC(C)OC1CCN(C(=O)C2CCC2)CC1. The molecule has 16 heavy (non-hydrogen) atoms. The smallest absolute Gasteiger partial charge is 0.225 e. The molecule has 0 radical (unpaired) electrons. The minimum atomic E-state index is 0.305. The molecule has 2 rings (SSSR count). The van der Waals surface area contributed by atoms with Gasteiger partial charge in [-0.1, -0.05) is 6.42 Å². The average molecular weight is 225 g/mol. The third kappa shape index (κ3) is 2.76. The summed E-state index contributed by atoms with van der Waals surface area (Å²) < 4.78 is 5.78. The molecule has 1 aliphatic carbocycles. The highest BCUT2D eigenvalue weighted by Gasteiger charge is 2.31. The van der Waals surface area contributed by atoms with E-state index in [0.29, 0.717) is 24.0 Å². The fourth-order valence-electron chi connectivity index (χ4n) is 2.51. The van der Waals surface area contributed by atoms with Crippen molar-refractivity contribution in [2.75, 3.05) is 13.1 Å². The van der Waals surface area contributed by atoms with Crippen LogP contribution in [0.1, 0.15) is 46.0 Å². The van der Waals surface area contributed by atoms with Gasteiger partial charge in [-0.3, -0.25) is 4.79 Å². The summed E-state index contributed by atoms with van der Waals surface area (Å²) >= 11 is 0. The Kier molecular flexibility index (Phi) is 3.85. The first-order chi connectivity index (χ1) is 7.66.